The molecule has 0 unspecified atom stereocenters. The van der Waals surface area contributed by atoms with Crippen LogP contribution in [0, 0.1) is 20.8 Å². The number of hydrogen-bond acceptors (Lipinski definition) is 3. The van der Waals surface area contributed by atoms with Crippen molar-refractivity contribution in [2.45, 2.75) is 59.6 Å². The number of methoxy groups -OCH3 is 1. The molecule has 2 aromatic carbocycles. The molecule has 0 aliphatic heterocycles. The van der Waals surface area contributed by atoms with Gasteiger partial charge in [0.15, 0.2) is 6.10 Å². The smallest absolute Gasteiger partial charge is 0.261 e. The van der Waals surface area contributed by atoms with Crippen molar-refractivity contribution in [3.63, 3.8) is 0 Å². The molecule has 0 aliphatic rings. The predicted octanol–water partition coefficient (Wildman–Crippen LogP) is 5.05. The minimum Gasteiger partial charge on any atom is -0.496 e. The number of carbonyl (C=O) groups is 1. The van der Waals surface area contributed by atoms with Crippen molar-refractivity contribution in [1.82, 2.24) is 5.32 Å². The van der Waals surface area contributed by atoms with Crippen molar-refractivity contribution in [3.8, 4) is 11.5 Å². The van der Waals surface area contributed by atoms with Crippen LogP contribution in [0.3, 0.4) is 0 Å². The normalized spacial score (nSPS) is 13.0. The van der Waals surface area contributed by atoms with E-state index >= 15 is 0 Å². The zero-order chi connectivity index (χ0) is 20.0. The molecule has 0 heterocycles. The van der Waals surface area contributed by atoms with Crippen LogP contribution >= 0.6 is 0 Å². The number of benzene rings is 2. The van der Waals surface area contributed by atoms with Crippen molar-refractivity contribution in [1.29, 1.82) is 0 Å². The van der Waals surface area contributed by atoms with Crippen molar-refractivity contribution >= 4 is 5.91 Å². The molecule has 0 saturated carbocycles. The van der Waals surface area contributed by atoms with E-state index in [0.29, 0.717) is 6.42 Å². The summed E-state index contributed by atoms with van der Waals surface area (Å²) in [5.41, 5.74) is 4.50. The summed E-state index contributed by atoms with van der Waals surface area (Å²) in [6, 6.07) is 11.9. The molecular formula is C23H31NO3. The molecule has 146 valence electrons. The van der Waals surface area contributed by atoms with Crippen LogP contribution in [0.5, 0.6) is 11.5 Å². The largest absolute Gasteiger partial charge is 0.496 e. The molecule has 0 fully saturated rings. The highest BCUT2D eigenvalue weighted by molar-refractivity contribution is 5.81. The standard InChI is InChI=1S/C23H31NO3/c1-7-20(18-10-12-22(26-6)17(5)13-18)24-23(25)21(8-2)27-19-11-9-15(3)16(4)14-19/h9-14,20-21H,7-8H2,1-6H3,(H,24,25)/t20-,21-/m0/s1. The van der Waals surface area contributed by atoms with Gasteiger partial charge in [0.2, 0.25) is 0 Å². The summed E-state index contributed by atoms with van der Waals surface area (Å²) in [4.78, 5) is 12.8. The van der Waals surface area contributed by atoms with E-state index in [9.17, 15) is 4.79 Å². The van der Waals surface area contributed by atoms with Crippen LogP contribution in [0.4, 0.5) is 0 Å². The van der Waals surface area contributed by atoms with E-state index in [4.69, 9.17) is 9.47 Å². The maximum atomic E-state index is 12.8. The Balaban J connectivity index is 2.11. The summed E-state index contributed by atoms with van der Waals surface area (Å²) in [5.74, 6) is 1.49. The Morgan fingerprint density at radius 1 is 0.963 bits per heavy atom. The van der Waals surface area contributed by atoms with Crippen molar-refractivity contribution < 1.29 is 14.3 Å². The third-order valence-electron chi connectivity index (χ3n) is 4.97. The second-order valence-corrected chi connectivity index (χ2v) is 6.96. The van der Waals surface area contributed by atoms with E-state index in [0.717, 1.165) is 34.6 Å². The fraction of sp³-hybridized carbons (Fsp3) is 0.435. The molecule has 0 bridgehead atoms. The van der Waals surface area contributed by atoms with Crippen LogP contribution in [0.1, 0.15) is 55.0 Å². The van der Waals surface area contributed by atoms with Crippen LogP contribution in [0.25, 0.3) is 0 Å². The van der Waals surface area contributed by atoms with E-state index in [1.165, 1.54) is 5.56 Å². The van der Waals surface area contributed by atoms with Gasteiger partial charge in [0.25, 0.3) is 5.91 Å². The zero-order valence-corrected chi connectivity index (χ0v) is 17.3. The Kier molecular flexibility index (Phi) is 7.28. The lowest BCUT2D eigenvalue weighted by Gasteiger charge is -2.23. The van der Waals surface area contributed by atoms with E-state index in [-0.39, 0.29) is 11.9 Å². The number of ether oxygens (including phenoxy) is 2. The topological polar surface area (TPSA) is 47.6 Å². The van der Waals surface area contributed by atoms with Gasteiger partial charge in [-0.2, -0.15) is 0 Å². The fourth-order valence-corrected chi connectivity index (χ4v) is 3.08. The van der Waals surface area contributed by atoms with Gasteiger partial charge in [0.05, 0.1) is 13.2 Å². The minimum absolute atomic E-state index is 0.0560. The maximum absolute atomic E-state index is 12.8. The molecule has 0 aromatic heterocycles. The average molecular weight is 370 g/mol. The molecule has 0 spiro atoms. The van der Waals surface area contributed by atoms with Gasteiger partial charge < -0.3 is 14.8 Å². The predicted molar refractivity (Wildman–Crippen MR) is 110 cm³/mol. The first-order chi connectivity index (χ1) is 12.9. The molecule has 4 heteroatoms. The Morgan fingerprint density at radius 3 is 2.26 bits per heavy atom. The second-order valence-electron chi connectivity index (χ2n) is 6.96. The summed E-state index contributed by atoms with van der Waals surface area (Å²) in [5, 5.41) is 3.14. The summed E-state index contributed by atoms with van der Waals surface area (Å²) < 4.78 is 11.3. The van der Waals surface area contributed by atoms with Crippen LogP contribution in [0.2, 0.25) is 0 Å². The van der Waals surface area contributed by atoms with Gasteiger partial charge in [0.1, 0.15) is 11.5 Å². The molecular weight excluding hydrogens is 338 g/mol. The summed E-state index contributed by atoms with van der Waals surface area (Å²) in [7, 11) is 1.66. The number of amides is 1. The monoisotopic (exact) mass is 369 g/mol. The number of aryl methyl sites for hydroxylation is 3. The maximum Gasteiger partial charge on any atom is 0.261 e. The lowest BCUT2D eigenvalue weighted by molar-refractivity contribution is -0.128. The Bertz CT molecular complexity index is 785. The number of carbonyl (C=O) groups excluding carboxylic acids is 1. The summed E-state index contributed by atoms with van der Waals surface area (Å²) in [6.07, 6.45) is 0.898. The third-order valence-corrected chi connectivity index (χ3v) is 4.97. The first-order valence-electron chi connectivity index (χ1n) is 9.58. The molecule has 2 rings (SSSR count). The fourth-order valence-electron chi connectivity index (χ4n) is 3.08. The summed E-state index contributed by atoms with van der Waals surface area (Å²) >= 11 is 0. The van der Waals surface area contributed by atoms with Gasteiger partial charge in [-0.1, -0.05) is 32.0 Å². The molecule has 0 radical (unpaired) electrons. The molecule has 2 aromatic rings. The van der Waals surface area contributed by atoms with Crippen LogP contribution in [-0.4, -0.2) is 19.1 Å². The number of hydrogen-bond donors (Lipinski definition) is 1. The van der Waals surface area contributed by atoms with Crippen LogP contribution in [-0.2, 0) is 4.79 Å². The molecule has 0 aliphatic carbocycles. The van der Waals surface area contributed by atoms with Crippen molar-refractivity contribution in [3.05, 3.63) is 58.7 Å². The van der Waals surface area contributed by atoms with Crippen LogP contribution < -0.4 is 14.8 Å². The average Bonchev–Trinajstić information content (AvgIpc) is 2.66. The van der Waals surface area contributed by atoms with Gasteiger partial charge in [-0.15, -0.1) is 0 Å². The molecule has 2 atom stereocenters. The Morgan fingerprint density at radius 2 is 1.70 bits per heavy atom. The third kappa shape index (κ3) is 5.25. The lowest BCUT2D eigenvalue weighted by atomic mass is 10.0. The number of nitrogens with one attached hydrogen (secondary N) is 1. The van der Waals surface area contributed by atoms with E-state index in [1.54, 1.807) is 7.11 Å². The molecule has 1 N–H and O–H groups in total. The highest BCUT2D eigenvalue weighted by Gasteiger charge is 2.22. The van der Waals surface area contributed by atoms with E-state index < -0.39 is 6.10 Å². The first kappa shape index (κ1) is 20.8. The lowest BCUT2D eigenvalue weighted by Crippen LogP contribution is -2.40. The van der Waals surface area contributed by atoms with E-state index in [1.807, 2.05) is 51.1 Å². The second kappa shape index (κ2) is 9.45. The van der Waals surface area contributed by atoms with Crippen LogP contribution in [0.15, 0.2) is 36.4 Å². The Labute approximate surface area is 162 Å². The highest BCUT2D eigenvalue weighted by atomic mass is 16.5. The molecule has 27 heavy (non-hydrogen) atoms. The quantitative estimate of drug-likeness (QED) is 0.709. The minimum atomic E-state index is -0.513. The number of rotatable bonds is 8. The first-order valence-corrected chi connectivity index (χ1v) is 9.58. The van der Waals surface area contributed by atoms with Crippen molar-refractivity contribution in [2.75, 3.05) is 7.11 Å². The van der Waals surface area contributed by atoms with E-state index in [2.05, 4.69) is 25.2 Å². The zero-order valence-electron chi connectivity index (χ0n) is 17.3. The Hall–Kier alpha value is -2.49. The SMILES string of the molecule is CC[C@H](Oc1ccc(C)c(C)c1)C(=O)N[C@@H](CC)c1ccc(OC)c(C)c1. The molecule has 4 nitrogen and oxygen atoms in total. The highest BCUT2D eigenvalue weighted by Crippen LogP contribution is 2.25. The van der Waals surface area contributed by atoms with Gasteiger partial charge in [-0.3, -0.25) is 4.79 Å². The van der Waals surface area contributed by atoms with Gasteiger partial charge in [-0.25, -0.2) is 0 Å². The van der Waals surface area contributed by atoms with Gasteiger partial charge >= 0.3 is 0 Å². The molecule has 0 saturated heterocycles. The van der Waals surface area contributed by atoms with Gasteiger partial charge in [0, 0.05) is 0 Å². The molecule has 1 amide bonds. The van der Waals surface area contributed by atoms with Crippen molar-refractivity contribution in [2.24, 2.45) is 0 Å². The summed E-state index contributed by atoms with van der Waals surface area (Å²) in [6.45, 7) is 10.1. The van der Waals surface area contributed by atoms with Gasteiger partial charge in [-0.05, 0) is 74.1 Å².